The largest absolute Gasteiger partial charge is 0.478 e. The van der Waals surface area contributed by atoms with Crippen molar-refractivity contribution in [3.05, 3.63) is 65.4 Å². The Morgan fingerprint density at radius 1 is 1.12 bits per heavy atom. The van der Waals surface area contributed by atoms with Gasteiger partial charge in [0.1, 0.15) is 0 Å². The van der Waals surface area contributed by atoms with Crippen LogP contribution in [-0.2, 0) is 6.18 Å². The predicted octanol–water partition coefficient (Wildman–Crippen LogP) is 5.00. The molecule has 0 fully saturated rings. The van der Waals surface area contributed by atoms with E-state index in [-0.39, 0.29) is 11.1 Å². The number of aromatic carboxylic acids is 1. The summed E-state index contributed by atoms with van der Waals surface area (Å²) in [4.78, 5) is 15.2. The van der Waals surface area contributed by atoms with Gasteiger partial charge < -0.3 is 10.4 Å². The molecule has 0 radical (unpaired) electrons. The minimum atomic E-state index is -4.44. The number of anilines is 2. The van der Waals surface area contributed by atoms with Crippen molar-refractivity contribution in [2.45, 2.75) is 13.1 Å². The van der Waals surface area contributed by atoms with E-state index < -0.39 is 17.7 Å². The third-order valence-corrected chi connectivity index (χ3v) is 3.65. The van der Waals surface area contributed by atoms with Crippen LogP contribution in [0.3, 0.4) is 0 Å². The number of pyridine rings is 1. The number of benzene rings is 2. The zero-order chi connectivity index (χ0) is 18.2. The molecule has 3 aromatic rings. The molecule has 1 heterocycles. The van der Waals surface area contributed by atoms with Crippen molar-refractivity contribution in [3.8, 4) is 0 Å². The van der Waals surface area contributed by atoms with Crippen molar-refractivity contribution in [2.75, 3.05) is 5.32 Å². The highest BCUT2D eigenvalue weighted by Crippen LogP contribution is 2.33. The average Bonchev–Trinajstić information content (AvgIpc) is 2.53. The number of hydrogen-bond acceptors (Lipinski definition) is 3. The van der Waals surface area contributed by atoms with Crippen molar-refractivity contribution < 1.29 is 23.1 Å². The summed E-state index contributed by atoms with van der Waals surface area (Å²) in [5.41, 5.74) is 1.18. The van der Waals surface area contributed by atoms with E-state index >= 15 is 0 Å². The van der Waals surface area contributed by atoms with Gasteiger partial charge >= 0.3 is 12.1 Å². The molecule has 0 unspecified atom stereocenters. The fourth-order valence-electron chi connectivity index (χ4n) is 2.53. The van der Waals surface area contributed by atoms with E-state index in [1.165, 1.54) is 18.2 Å². The van der Waals surface area contributed by atoms with Crippen molar-refractivity contribution >= 4 is 28.2 Å². The Balaban J connectivity index is 2.07. The number of aromatic nitrogens is 1. The SMILES string of the molecule is Cc1cc(Nc2cccc(C(=O)O)c2)c2ccc(C(F)(F)F)cc2n1. The first-order valence-electron chi connectivity index (χ1n) is 7.33. The van der Waals surface area contributed by atoms with Gasteiger partial charge in [-0.15, -0.1) is 0 Å². The van der Waals surface area contributed by atoms with Gasteiger partial charge in [0.25, 0.3) is 0 Å². The molecule has 0 aliphatic heterocycles. The Bertz CT molecular complexity index is 968. The molecule has 0 aliphatic rings. The molecule has 4 nitrogen and oxygen atoms in total. The lowest BCUT2D eigenvalue weighted by atomic mass is 10.1. The number of nitrogens with zero attached hydrogens (tertiary/aromatic N) is 1. The van der Waals surface area contributed by atoms with Gasteiger partial charge in [-0.1, -0.05) is 12.1 Å². The van der Waals surface area contributed by atoms with Gasteiger partial charge in [-0.3, -0.25) is 4.98 Å². The summed E-state index contributed by atoms with van der Waals surface area (Å²) in [6.07, 6.45) is -4.44. The number of aryl methyl sites for hydroxylation is 1. The topological polar surface area (TPSA) is 62.2 Å². The quantitative estimate of drug-likeness (QED) is 0.700. The highest BCUT2D eigenvalue weighted by molar-refractivity contribution is 5.94. The van der Waals surface area contributed by atoms with Crippen LogP contribution >= 0.6 is 0 Å². The van der Waals surface area contributed by atoms with E-state index in [1.54, 1.807) is 25.1 Å². The molecule has 3 rings (SSSR count). The minimum absolute atomic E-state index is 0.111. The number of hydrogen-bond donors (Lipinski definition) is 2. The van der Waals surface area contributed by atoms with Crippen LogP contribution in [0.5, 0.6) is 0 Å². The lowest BCUT2D eigenvalue weighted by molar-refractivity contribution is -0.137. The molecule has 0 saturated carbocycles. The maximum absolute atomic E-state index is 12.9. The zero-order valence-electron chi connectivity index (χ0n) is 13.1. The summed E-state index contributed by atoms with van der Waals surface area (Å²) in [5, 5.41) is 12.6. The number of fused-ring (bicyclic) bond motifs is 1. The molecule has 2 aromatic carbocycles. The van der Waals surface area contributed by atoms with E-state index in [9.17, 15) is 18.0 Å². The summed E-state index contributed by atoms with van der Waals surface area (Å²) < 4.78 is 38.7. The maximum atomic E-state index is 12.9. The second-order valence-electron chi connectivity index (χ2n) is 5.55. The molecule has 0 saturated heterocycles. The van der Waals surface area contributed by atoms with Gasteiger partial charge in [-0.2, -0.15) is 13.2 Å². The minimum Gasteiger partial charge on any atom is -0.478 e. The molecule has 0 bridgehead atoms. The molecule has 0 spiro atoms. The Hall–Kier alpha value is -3.09. The fourth-order valence-corrected chi connectivity index (χ4v) is 2.53. The molecular weight excluding hydrogens is 333 g/mol. The Morgan fingerprint density at radius 2 is 1.88 bits per heavy atom. The first-order chi connectivity index (χ1) is 11.7. The molecule has 7 heteroatoms. The van der Waals surface area contributed by atoms with E-state index in [2.05, 4.69) is 10.3 Å². The smallest absolute Gasteiger partial charge is 0.416 e. The number of nitrogens with one attached hydrogen (secondary N) is 1. The van der Waals surface area contributed by atoms with Gasteiger partial charge in [0, 0.05) is 22.5 Å². The highest BCUT2D eigenvalue weighted by Gasteiger charge is 2.30. The van der Waals surface area contributed by atoms with E-state index in [0.717, 1.165) is 12.1 Å². The van der Waals surface area contributed by atoms with Crippen molar-refractivity contribution in [1.29, 1.82) is 0 Å². The van der Waals surface area contributed by atoms with Crippen LogP contribution in [0.25, 0.3) is 10.9 Å². The molecule has 1 aromatic heterocycles. The maximum Gasteiger partial charge on any atom is 0.416 e. The second kappa shape index (κ2) is 6.08. The summed E-state index contributed by atoms with van der Waals surface area (Å²) in [5.74, 6) is -1.06. The first kappa shape index (κ1) is 16.8. The van der Waals surface area contributed by atoms with Crippen LogP contribution in [0.4, 0.5) is 24.5 Å². The summed E-state index contributed by atoms with van der Waals surface area (Å²) in [6.45, 7) is 1.68. The zero-order valence-corrected chi connectivity index (χ0v) is 13.1. The average molecular weight is 346 g/mol. The number of alkyl halides is 3. The third kappa shape index (κ3) is 3.55. The van der Waals surface area contributed by atoms with Crippen molar-refractivity contribution in [2.24, 2.45) is 0 Å². The van der Waals surface area contributed by atoms with Crippen LogP contribution in [0.1, 0.15) is 21.6 Å². The predicted molar refractivity (Wildman–Crippen MR) is 88.2 cm³/mol. The van der Waals surface area contributed by atoms with Crippen LogP contribution in [-0.4, -0.2) is 16.1 Å². The Kier molecular flexibility index (Phi) is 4.08. The molecule has 0 atom stereocenters. The lowest BCUT2D eigenvalue weighted by Crippen LogP contribution is -2.05. The highest BCUT2D eigenvalue weighted by atomic mass is 19.4. The summed E-state index contributed by atoms with van der Waals surface area (Å²) in [6, 6.07) is 11.2. The monoisotopic (exact) mass is 346 g/mol. The molecular formula is C18H13F3N2O2. The van der Waals surface area contributed by atoms with Gasteiger partial charge in [0.15, 0.2) is 0 Å². The normalized spacial score (nSPS) is 11.5. The van der Waals surface area contributed by atoms with Gasteiger partial charge in [-0.25, -0.2) is 4.79 Å². The first-order valence-corrected chi connectivity index (χ1v) is 7.33. The van der Waals surface area contributed by atoms with E-state index in [0.29, 0.717) is 22.5 Å². The van der Waals surface area contributed by atoms with Gasteiger partial charge in [-0.05, 0) is 43.3 Å². The number of halogens is 3. The van der Waals surface area contributed by atoms with Crippen LogP contribution in [0.2, 0.25) is 0 Å². The fraction of sp³-hybridized carbons (Fsp3) is 0.111. The Morgan fingerprint density at radius 3 is 2.56 bits per heavy atom. The number of rotatable bonds is 3. The summed E-state index contributed by atoms with van der Waals surface area (Å²) >= 11 is 0. The van der Waals surface area contributed by atoms with Crippen LogP contribution in [0, 0.1) is 6.92 Å². The molecule has 0 amide bonds. The summed E-state index contributed by atoms with van der Waals surface area (Å²) in [7, 11) is 0. The van der Waals surface area contributed by atoms with E-state index in [1.807, 2.05) is 0 Å². The number of carboxylic acid groups (broad SMARTS) is 1. The molecule has 128 valence electrons. The standard InChI is InChI=1S/C18H13F3N2O2/c1-10-7-15(23-13-4-2-3-11(8-13)17(24)25)14-6-5-12(18(19,20)21)9-16(14)22-10/h2-9H,1H3,(H,22,23)(H,24,25). The van der Waals surface area contributed by atoms with E-state index in [4.69, 9.17) is 5.11 Å². The van der Waals surface area contributed by atoms with Crippen molar-refractivity contribution in [1.82, 2.24) is 4.98 Å². The van der Waals surface area contributed by atoms with Crippen LogP contribution < -0.4 is 5.32 Å². The third-order valence-electron chi connectivity index (χ3n) is 3.65. The Labute approximate surface area is 140 Å². The van der Waals surface area contributed by atoms with Crippen molar-refractivity contribution in [3.63, 3.8) is 0 Å². The molecule has 2 N–H and O–H groups in total. The lowest BCUT2D eigenvalue weighted by Gasteiger charge is -2.13. The van der Waals surface area contributed by atoms with Gasteiger partial charge in [0.05, 0.1) is 16.6 Å². The number of carboxylic acids is 1. The van der Waals surface area contributed by atoms with Gasteiger partial charge in [0.2, 0.25) is 0 Å². The molecule has 25 heavy (non-hydrogen) atoms. The second-order valence-corrected chi connectivity index (χ2v) is 5.55. The molecule has 0 aliphatic carbocycles. The van der Waals surface area contributed by atoms with Crippen LogP contribution in [0.15, 0.2) is 48.5 Å². The number of carbonyl (C=O) groups is 1.